The van der Waals surface area contributed by atoms with E-state index in [1.807, 2.05) is 0 Å². The summed E-state index contributed by atoms with van der Waals surface area (Å²) in [5, 5.41) is 0. The van der Waals surface area contributed by atoms with Gasteiger partial charge in [-0.1, -0.05) is 32.1 Å². The van der Waals surface area contributed by atoms with Gasteiger partial charge in [-0.3, -0.25) is 4.18 Å². The molecule has 0 aromatic rings. The predicted molar refractivity (Wildman–Crippen MR) is 49.8 cm³/mol. The maximum absolute atomic E-state index is 11.1. The Labute approximate surface area is 79.6 Å². The van der Waals surface area contributed by atoms with Crippen molar-refractivity contribution in [1.29, 1.82) is 0 Å². The molecule has 1 saturated carbocycles. The lowest BCUT2D eigenvalue weighted by Gasteiger charge is -2.25. The summed E-state index contributed by atoms with van der Waals surface area (Å²) in [6, 6.07) is 0. The fourth-order valence-electron chi connectivity index (χ4n) is 2.43. The summed E-state index contributed by atoms with van der Waals surface area (Å²) in [7, 11) is -3.14. The Balaban J connectivity index is 1.95. The zero-order valence-electron chi connectivity index (χ0n) is 7.74. The Morgan fingerprint density at radius 2 is 1.69 bits per heavy atom. The lowest BCUT2D eigenvalue weighted by Crippen LogP contribution is -2.20. The summed E-state index contributed by atoms with van der Waals surface area (Å²) >= 11 is 0. The van der Waals surface area contributed by atoms with Gasteiger partial charge in [-0.15, -0.1) is 0 Å². The number of rotatable bonds is 1. The average Bonchev–Trinajstić information content (AvgIpc) is 2.48. The number of hydrogen-bond acceptors (Lipinski definition) is 3. The van der Waals surface area contributed by atoms with Crippen LogP contribution in [0.25, 0.3) is 0 Å². The Morgan fingerprint density at radius 1 is 1.00 bits per heavy atom. The summed E-state index contributed by atoms with van der Waals surface area (Å²) in [4.78, 5) is 0. The molecule has 76 valence electrons. The molecule has 1 aliphatic carbocycles. The topological polar surface area (TPSA) is 43.4 Å². The van der Waals surface area contributed by atoms with Gasteiger partial charge in [-0.05, 0) is 5.92 Å². The van der Waals surface area contributed by atoms with Gasteiger partial charge in [0.2, 0.25) is 0 Å². The molecule has 1 saturated heterocycles. The highest BCUT2D eigenvalue weighted by molar-refractivity contribution is 7.86. The Kier molecular flexibility index (Phi) is 2.60. The van der Waals surface area contributed by atoms with E-state index in [1.54, 1.807) is 0 Å². The van der Waals surface area contributed by atoms with Gasteiger partial charge in [0.05, 0.1) is 12.4 Å². The monoisotopic (exact) mass is 204 g/mol. The summed E-state index contributed by atoms with van der Waals surface area (Å²) in [5.74, 6) is 1.15. The first-order valence-electron chi connectivity index (χ1n) is 5.04. The van der Waals surface area contributed by atoms with Crippen molar-refractivity contribution in [2.75, 3.05) is 12.4 Å². The first kappa shape index (κ1) is 9.46. The zero-order chi connectivity index (χ0) is 9.31. The van der Waals surface area contributed by atoms with Crippen molar-refractivity contribution >= 4 is 10.1 Å². The van der Waals surface area contributed by atoms with Gasteiger partial charge in [-0.2, -0.15) is 8.42 Å². The van der Waals surface area contributed by atoms with Crippen molar-refractivity contribution in [2.24, 2.45) is 11.8 Å². The molecule has 13 heavy (non-hydrogen) atoms. The van der Waals surface area contributed by atoms with Crippen LogP contribution in [-0.2, 0) is 14.3 Å². The minimum atomic E-state index is -3.14. The van der Waals surface area contributed by atoms with E-state index < -0.39 is 10.1 Å². The van der Waals surface area contributed by atoms with Gasteiger partial charge >= 0.3 is 0 Å². The molecule has 0 radical (unpaired) electrons. The minimum Gasteiger partial charge on any atom is -0.270 e. The van der Waals surface area contributed by atoms with Crippen LogP contribution >= 0.6 is 0 Å². The lowest BCUT2D eigenvalue weighted by molar-refractivity contribution is 0.214. The molecule has 2 rings (SSSR count). The molecule has 2 aliphatic rings. The highest BCUT2D eigenvalue weighted by Crippen LogP contribution is 2.33. The first-order chi connectivity index (χ1) is 6.17. The largest absolute Gasteiger partial charge is 0.270 e. The van der Waals surface area contributed by atoms with E-state index >= 15 is 0 Å². The van der Waals surface area contributed by atoms with Crippen molar-refractivity contribution in [2.45, 2.75) is 32.1 Å². The Hall–Kier alpha value is -0.0900. The minimum absolute atomic E-state index is 0.262. The molecule has 0 aromatic carbocycles. The van der Waals surface area contributed by atoms with Crippen LogP contribution in [0.2, 0.25) is 0 Å². The maximum Gasteiger partial charge on any atom is 0.267 e. The number of hydrogen-bond donors (Lipinski definition) is 0. The van der Waals surface area contributed by atoms with Crippen LogP contribution in [0.4, 0.5) is 0 Å². The molecule has 4 heteroatoms. The Morgan fingerprint density at radius 3 is 2.23 bits per heavy atom. The van der Waals surface area contributed by atoms with Crippen LogP contribution in [0, 0.1) is 11.8 Å². The molecule has 1 heterocycles. The van der Waals surface area contributed by atoms with Crippen LogP contribution in [0.15, 0.2) is 0 Å². The molecular weight excluding hydrogens is 188 g/mol. The van der Waals surface area contributed by atoms with Gasteiger partial charge in [-0.25, -0.2) is 0 Å². The normalized spacial score (nSPS) is 34.9. The zero-order valence-corrected chi connectivity index (χ0v) is 8.55. The highest BCUT2D eigenvalue weighted by atomic mass is 32.2. The second-order valence-electron chi connectivity index (χ2n) is 4.17. The first-order valence-corrected chi connectivity index (χ1v) is 6.62. The van der Waals surface area contributed by atoms with E-state index in [0.29, 0.717) is 12.5 Å². The van der Waals surface area contributed by atoms with Crippen molar-refractivity contribution in [3.8, 4) is 0 Å². The van der Waals surface area contributed by atoms with Crippen LogP contribution in [0.5, 0.6) is 0 Å². The second kappa shape index (κ2) is 3.58. The molecule has 0 spiro atoms. The van der Waals surface area contributed by atoms with Gasteiger partial charge in [0.1, 0.15) is 0 Å². The molecule has 0 bridgehead atoms. The van der Waals surface area contributed by atoms with Gasteiger partial charge < -0.3 is 0 Å². The molecule has 1 aliphatic heterocycles. The molecular formula is C9H16O3S. The van der Waals surface area contributed by atoms with E-state index in [0.717, 1.165) is 0 Å². The quantitative estimate of drug-likeness (QED) is 0.608. The molecule has 2 fully saturated rings. The van der Waals surface area contributed by atoms with Crippen molar-refractivity contribution < 1.29 is 12.6 Å². The molecule has 3 nitrogen and oxygen atoms in total. The second-order valence-corrected chi connectivity index (χ2v) is 5.85. The van der Waals surface area contributed by atoms with Crippen molar-refractivity contribution in [3.05, 3.63) is 0 Å². The van der Waals surface area contributed by atoms with Crippen LogP contribution in [0.3, 0.4) is 0 Å². The summed E-state index contributed by atoms with van der Waals surface area (Å²) < 4.78 is 26.9. The third-order valence-electron chi connectivity index (χ3n) is 3.20. The van der Waals surface area contributed by atoms with Gasteiger partial charge in [0.15, 0.2) is 0 Å². The summed E-state index contributed by atoms with van der Waals surface area (Å²) in [6.07, 6.45) is 6.24. The highest BCUT2D eigenvalue weighted by Gasteiger charge is 2.34. The van der Waals surface area contributed by atoms with Crippen LogP contribution < -0.4 is 0 Å². The fourth-order valence-corrected chi connectivity index (χ4v) is 3.80. The van der Waals surface area contributed by atoms with E-state index in [9.17, 15) is 8.42 Å². The maximum atomic E-state index is 11.1. The van der Waals surface area contributed by atoms with Gasteiger partial charge in [0.25, 0.3) is 10.1 Å². The van der Waals surface area contributed by atoms with Crippen LogP contribution in [-0.4, -0.2) is 20.8 Å². The molecule has 0 aromatic heterocycles. The lowest BCUT2D eigenvalue weighted by atomic mass is 9.81. The van der Waals surface area contributed by atoms with Crippen LogP contribution in [0.1, 0.15) is 32.1 Å². The van der Waals surface area contributed by atoms with Gasteiger partial charge in [0, 0.05) is 5.92 Å². The molecule has 1 atom stereocenters. The predicted octanol–water partition coefficient (Wildman–Crippen LogP) is 1.54. The smallest absolute Gasteiger partial charge is 0.267 e. The van der Waals surface area contributed by atoms with Crippen molar-refractivity contribution in [3.63, 3.8) is 0 Å². The average molecular weight is 204 g/mol. The van der Waals surface area contributed by atoms with E-state index in [-0.39, 0.29) is 11.7 Å². The third-order valence-corrected chi connectivity index (χ3v) is 4.53. The van der Waals surface area contributed by atoms with Crippen molar-refractivity contribution in [1.82, 2.24) is 0 Å². The molecule has 0 amide bonds. The van der Waals surface area contributed by atoms with E-state index in [4.69, 9.17) is 4.18 Å². The fraction of sp³-hybridized carbons (Fsp3) is 1.00. The van der Waals surface area contributed by atoms with E-state index in [1.165, 1.54) is 32.1 Å². The molecule has 0 N–H and O–H groups in total. The third kappa shape index (κ3) is 2.23. The SMILES string of the molecule is O=S1(=O)C[C@H](C2CCCCC2)CO1. The summed E-state index contributed by atoms with van der Waals surface area (Å²) in [6.45, 7) is 0.438. The summed E-state index contributed by atoms with van der Waals surface area (Å²) in [5.41, 5.74) is 0. The standard InChI is InChI=1S/C9H16O3S/c10-13(11)7-9(6-12-13)8-4-2-1-3-5-8/h8-9H,1-7H2/t9-/m1/s1. The van der Waals surface area contributed by atoms with E-state index in [2.05, 4.69) is 0 Å². The molecule has 0 unspecified atom stereocenters. The Bertz CT molecular complexity index is 265.